The van der Waals surface area contributed by atoms with Gasteiger partial charge in [-0.3, -0.25) is 0 Å². The van der Waals surface area contributed by atoms with Gasteiger partial charge in [-0.2, -0.15) is 0 Å². The summed E-state index contributed by atoms with van der Waals surface area (Å²) in [5.74, 6) is 1.97. The van der Waals surface area contributed by atoms with E-state index in [1.165, 1.54) is 55.8 Å². The first-order valence-corrected chi connectivity index (χ1v) is 9.43. The van der Waals surface area contributed by atoms with Crippen molar-refractivity contribution in [1.29, 1.82) is 0 Å². The van der Waals surface area contributed by atoms with Crippen molar-refractivity contribution in [3.8, 4) is 0 Å². The predicted octanol–water partition coefficient (Wildman–Crippen LogP) is 3.23. The molecule has 128 valence electrons. The number of hydrogen-bond donors (Lipinski definition) is 1. The molecular weight excluding hydrogens is 296 g/mol. The first-order valence-electron chi connectivity index (χ1n) is 9.43. The van der Waals surface area contributed by atoms with Gasteiger partial charge in [0.25, 0.3) is 0 Å². The summed E-state index contributed by atoms with van der Waals surface area (Å²) in [6.45, 7) is 5.60. The maximum absolute atomic E-state index is 4.40. The maximum Gasteiger partial charge on any atom is 0.108 e. The van der Waals surface area contributed by atoms with E-state index >= 15 is 0 Å². The Hall–Kier alpha value is -1.81. The number of rotatable bonds is 5. The predicted molar refractivity (Wildman–Crippen MR) is 98.3 cm³/mol. The van der Waals surface area contributed by atoms with Crippen molar-refractivity contribution in [2.45, 2.75) is 45.2 Å². The van der Waals surface area contributed by atoms with E-state index in [1.807, 2.05) is 6.20 Å². The summed E-state index contributed by atoms with van der Waals surface area (Å²) in [6, 6.07) is 9.15. The molecule has 2 aromatic rings. The van der Waals surface area contributed by atoms with Gasteiger partial charge in [-0.1, -0.05) is 12.1 Å². The molecule has 0 aliphatic carbocycles. The Balaban J connectivity index is 1.24. The molecule has 0 amide bonds. The Morgan fingerprint density at radius 2 is 1.92 bits per heavy atom. The molecule has 2 aliphatic heterocycles. The van der Waals surface area contributed by atoms with Crippen molar-refractivity contribution < 1.29 is 0 Å². The highest BCUT2D eigenvalue weighted by Gasteiger charge is 2.18. The van der Waals surface area contributed by atoms with Gasteiger partial charge in [-0.05, 0) is 55.8 Å². The Bertz CT molecular complexity index is 640. The molecule has 1 N–H and O–H groups in total. The minimum atomic E-state index is 0.722. The largest absolute Gasteiger partial charge is 0.372 e. The molecule has 2 aliphatic rings. The summed E-state index contributed by atoms with van der Waals surface area (Å²) in [6.07, 6.45) is 10.5. The smallest absolute Gasteiger partial charge is 0.108 e. The highest BCUT2D eigenvalue weighted by atomic mass is 15.1. The fourth-order valence-electron chi connectivity index (χ4n) is 4.00. The van der Waals surface area contributed by atoms with Crippen LogP contribution in [0, 0.1) is 5.92 Å². The zero-order valence-electron chi connectivity index (χ0n) is 14.5. The van der Waals surface area contributed by atoms with Crippen LogP contribution in [-0.4, -0.2) is 29.2 Å². The quantitative estimate of drug-likeness (QED) is 0.917. The van der Waals surface area contributed by atoms with Gasteiger partial charge in [0.2, 0.25) is 0 Å². The van der Waals surface area contributed by atoms with E-state index < -0.39 is 0 Å². The number of imidazole rings is 1. The van der Waals surface area contributed by atoms with Crippen molar-refractivity contribution in [1.82, 2.24) is 14.9 Å². The molecule has 0 spiro atoms. The van der Waals surface area contributed by atoms with Gasteiger partial charge in [0.05, 0.1) is 0 Å². The Labute approximate surface area is 144 Å². The summed E-state index contributed by atoms with van der Waals surface area (Å²) in [5, 5.41) is 3.65. The fourth-order valence-corrected chi connectivity index (χ4v) is 4.00. The van der Waals surface area contributed by atoms with Crippen LogP contribution in [-0.2, 0) is 19.5 Å². The minimum Gasteiger partial charge on any atom is -0.372 e. The Morgan fingerprint density at radius 1 is 1.08 bits per heavy atom. The average Bonchev–Trinajstić information content (AvgIpc) is 3.11. The Morgan fingerprint density at radius 3 is 2.75 bits per heavy atom. The van der Waals surface area contributed by atoms with Gasteiger partial charge in [0, 0.05) is 50.7 Å². The maximum atomic E-state index is 4.40. The standard InChI is InChI=1S/C20H28N4/c1-2-11-23(12-3-1)19-7-4-17(5-8-19)14-21-15-18-6-9-20-22-10-13-24(20)16-18/h4-5,7-8,10,13,18,21H,1-3,6,9,11-12,14-16H2/t18-/m1/s1. The summed E-state index contributed by atoms with van der Waals surface area (Å²) in [5.41, 5.74) is 2.77. The second kappa shape index (κ2) is 7.39. The molecule has 1 saturated heterocycles. The van der Waals surface area contributed by atoms with Gasteiger partial charge in [0.15, 0.2) is 0 Å². The van der Waals surface area contributed by atoms with Crippen molar-refractivity contribution in [2.75, 3.05) is 24.5 Å². The summed E-state index contributed by atoms with van der Waals surface area (Å²) < 4.78 is 2.31. The molecule has 4 nitrogen and oxygen atoms in total. The number of anilines is 1. The minimum absolute atomic E-state index is 0.722. The van der Waals surface area contributed by atoms with Crippen LogP contribution in [0.15, 0.2) is 36.7 Å². The number of nitrogens with zero attached hydrogens (tertiary/aromatic N) is 3. The second-order valence-electron chi connectivity index (χ2n) is 7.25. The van der Waals surface area contributed by atoms with E-state index in [-0.39, 0.29) is 0 Å². The molecule has 1 fully saturated rings. The van der Waals surface area contributed by atoms with E-state index in [1.54, 1.807) is 0 Å². The molecule has 3 heterocycles. The number of hydrogen-bond acceptors (Lipinski definition) is 3. The van der Waals surface area contributed by atoms with E-state index in [4.69, 9.17) is 0 Å². The summed E-state index contributed by atoms with van der Waals surface area (Å²) in [7, 11) is 0. The third-order valence-corrected chi connectivity index (χ3v) is 5.45. The van der Waals surface area contributed by atoms with Crippen molar-refractivity contribution in [2.24, 2.45) is 5.92 Å². The van der Waals surface area contributed by atoms with Crippen LogP contribution in [0.1, 0.15) is 37.1 Å². The average molecular weight is 324 g/mol. The molecule has 0 bridgehead atoms. The van der Waals surface area contributed by atoms with Crippen LogP contribution >= 0.6 is 0 Å². The SMILES string of the molecule is c1cn2c(n1)CC[C@H](CNCc1ccc(N3CCCCC3)cc1)C2. The normalized spacial score (nSPS) is 20.8. The van der Waals surface area contributed by atoms with Gasteiger partial charge < -0.3 is 14.8 Å². The lowest BCUT2D eigenvalue weighted by Crippen LogP contribution is -2.30. The monoisotopic (exact) mass is 324 g/mol. The number of piperidine rings is 1. The van der Waals surface area contributed by atoms with Crippen molar-refractivity contribution >= 4 is 5.69 Å². The molecule has 4 heteroatoms. The molecule has 1 atom stereocenters. The molecular formula is C20H28N4. The lowest BCUT2D eigenvalue weighted by Gasteiger charge is -2.29. The van der Waals surface area contributed by atoms with Crippen LogP contribution in [0.5, 0.6) is 0 Å². The summed E-state index contributed by atoms with van der Waals surface area (Å²) >= 11 is 0. The lowest BCUT2D eigenvalue weighted by molar-refractivity contribution is 0.347. The van der Waals surface area contributed by atoms with E-state index in [0.29, 0.717) is 0 Å². The molecule has 0 unspecified atom stereocenters. The van der Waals surface area contributed by atoms with Gasteiger partial charge in [-0.25, -0.2) is 4.98 Å². The highest BCUT2D eigenvalue weighted by molar-refractivity contribution is 5.47. The third-order valence-electron chi connectivity index (χ3n) is 5.45. The van der Waals surface area contributed by atoms with Crippen LogP contribution in [0.3, 0.4) is 0 Å². The number of aromatic nitrogens is 2. The molecule has 0 saturated carbocycles. The highest BCUT2D eigenvalue weighted by Crippen LogP contribution is 2.21. The first-order chi connectivity index (χ1) is 11.9. The zero-order valence-corrected chi connectivity index (χ0v) is 14.5. The molecule has 1 aromatic carbocycles. The lowest BCUT2D eigenvalue weighted by atomic mass is 9.99. The van der Waals surface area contributed by atoms with Crippen molar-refractivity contribution in [3.63, 3.8) is 0 Å². The number of nitrogens with one attached hydrogen (secondary N) is 1. The van der Waals surface area contributed by atoms with E-state index in [0.717, 1.165) is 32.0 Å². The molecule has 4 rings (SSSR count). The first kappa shape index (κ1) is 15.7. The number of aryl methyl sites for hydroxylation is 1. The summed E-state index contributed by atoms with van der Waals surface area (Å²) in [4.78, 5) is 6.92. The van der Waals surface area contributed by atoms with Gasteiger partial charge in [0.1, 0.15) is 5.82 Å². The van der Waals surface area contributed by atoms with Gasteiger partial charge >= 0.3 is 0 Å². The van der Waals surface area contributed by atoms with Crippen LogP contribution in [0.25, 0.3) is 0 Å². The molecule has 1 aromatic heterocycles. The topological polar surface area (TPSA) is 33.1 Å². The third kappa shape index (κ3) is 3.64. The number of fused-ring (bicyclic) bond motifs is 1. The van der Waals surface area contributed by atoms with Crippen LogP contribution < -0.4 is 10.2 Å². The van der Waals surface area contributed by atoms with E-state index in [9.17, 15) is 0 Å². The Kier molecular flexibility index (Phi) is 4.83. The van der Waals surface area contributed by atoms with E-state index in [2.05, 4.69) is 50.2 Å². The van der Waals surface area contributed by atoms with Crippen molar-refractivity contribution in [3.05, 3.63) is 48.0 Å². The van der Waals surface area contributed by atoms with Crippen LogP contribution in [0.2, 0.25) is 0 Å². The zero-order chi connectivity index (χ0) is 16.2. The molecule has 24 heavy (non-hydrogen) atoms. The van der Waals surface area contributed by atoms with Gasteiger partial charge in [-0.15, -0.1) is 0 Å². The second-order valence-corrected chi connectivity index (χ2v) is 7.25. The van der Waals surface area contributed by atoms with Crippen LogP contribution in [0.4, 0.5) is 5.69 Å². The molecule has 0 radical (unpaired) electrons. The number of benzene rings is 1. The fraction of sp³-hybridized carbons (Fsp3) is 0.550.